The second-order valence-corrected chi connectivity index (χ2v) is 9.27. The third-order valence-corrected chi connectivity index (χ3v) is 5.58. The van der Waals surface area contributed by atoms with Gasteiger partial charge in [0.1, 0.15) is 35.7 Å². The van der Waals surface area contributed by atoms with Crippen LogP contribution in [0, 0.1) is 5.82 Å². The number of aromatic nitrogens is 7. The van der Waals surface area contributed by atoms with E-state index in [9.17, 15) is 9.18 Å². The van der Waals surface area contributed by atoms with Gasteiger partial charge in [-0.05, 0) is 55.3 Å². The average Bonchev–Trinajstić information content (AvgIpc) is 3.52. The lowest BCUT2D eigenvalue weighted by atomic mass is 10.1. The standard InChI is InChI=1S/C24H25FN8O3/c1-24(2,3)36-23(34)31-9-6-16(7-10-31)21-13-27-22-19(26-8-11-32(21)22)14-35-17-4-5-20(18(25)12-17)33-15-28-29-30-33/h4-6,8,11-13,15H,7,9-10,14H2,1-3H3. The summed E-state index contributed by atoms with van der Waals surface area (Å²) in [5.41, 5.74) is 2.96. The fraction of sp³-hybridized carbons (Fsp3) is 0.333. The Morgan fingerprint density at radius 2 is 2.08 bits per heavy atom. The third-order valence-electron chi connectivity index (χ3n) is 5.58. The van der Waals surface area contributed by atoms with Gasteiger partial charge in [-0.25, -0.2) is 14.2 Å². The summed E-state index contributed by atoms with van der Waals surface area (Å²) in [4.78, 5) is 23.0. The minimum Gasteiger partial charge on any atom is -0.487 e. The normalized spacial score (nSPS) is 14.1. The van der Waals surface area contributed by atoms with Gasteiger partial charge in [-0.15, -0.1) is 5.10 Å². The first kappa shape index (κ1) is 23.4. The van der Waals surface area contributed by atoms with Crippen molar-refractivity contribution < 1.29 is 18.7 Å². The van der Waals surface area contributed by atoms with Crippen LogP contribution in [0.4, 0.5) is 9.18 Å². The minimum absolute atomic E-state index is 0.107. The Morgan fingerprint density at radius 3 is 2.78 bits per heavy atom. The predicted molar refractivity (Wildman–Crippen MR) is 127 cm³/mol. The Labute approximate surface area is 206 Å². The van der Waals surface area contributed by atoms with Crippen LogP contribution in [-0.4, -0.2) is 64.3 Å². The lowest BCUT2D eigenvalue weighted by molar-refractivity contribution is 0.0270. The van der Waals surface area contributed by atoms with Crippen LogP contribution in [0.1, 0.15) is 38.6 Å². The molecule has 12 heteroatoms. The van der Waals surface area contributed by atoms with Crippen LogP contribution in [-0.2, 0) is 11.3 Å². The van der Waals surface area contributed by atoms with Crippen LogP contribution in [0.5, 0.6) is 5.75 Å². The molecule has 0 bridgehead atoms. The predicted octanol–water partition coefficient (Wildman–Crippen LogP) is 3.45. The maximum Gasteiger partial charge on any atom is 0.410 e. The summed E-state index contributed by atoms with van der Waals surface area (Å²) in [6.45, 7) is 6.69. The number of fused-ring (bicyclic) bond motifs is 1. The number of nitrogens with zero attached hydrogens (tertiary/aromatic N) is 8. The maximum atomic E-state index is 14.5. The lowest BCUT2D eigenvalue weighted by Gasteiger charge is -2.29. The molecule has 1 amide bonds. The van der Waals surface area contributed by atoms with Crippen LogP contribution in [0.25, 0.3) is 16.9 Å². The van der Waals surface area contributed by atoms with E-state index in [0.29, 0.717) is 36.6 Å². The number of hydrogen-bond acceptors (Lipinski definition) is 8. The van der Waals surface area contributed by atoms with Gasteiger partial charge < -0.3 is 14.4 Å². The van der Waals surface area contributed by atoms with E-state index in [-0.39, 0.29) is 18.4 Å². The third kappa shape index (κ3) is 4.88. The number of halogens is 1. The van der Waals surface area contributed by atoms with Gasteiger partial charge in [0.2, 0.25) is 0 Å². The molecule has 0 saturated heterocycles. The molecule has 1 aromatic carbocycles. The zero-order valence-corrected chi connectivity index (χ0v) is 20.1. The summed E-state index contributed by atoms with van der Waals surface area (Å²) < 4.78 is 28.9. The number of carbonyl (C=O) groups is 1. The number of hydrogen-bond donors (Lipinski definition) is 0. The van der Waals surface area contributed by atoms with Gasteiger partial charge >= 0.3 is 6.09 Å². The van der Waals surface area contributed by atoms with E-state index in [1.165, 1.54) is 17.1 Å². The smallest absolute Gasteiger partial charge is 0.410 e. The van der Waals surface area contributed by atoms with E-state index < -0.39 is 11.4 Å². The summed E-state index contributed by atoms with van der Waals surface area (Å²) in [5.74, 6) is -0.171. The van der Waals surface area contributed by atoms with Crippen molar-refractivity contribution >= 4 is 17.3 Å². The topological polar surface area (TPSA) is 113 Å². The molecule has 3 aromatic heterocycles. The highest BCUT2D eigenvalue weighted by Crippen LogP contribution is 2.26. The largest absolute Gasteiger partial charge is 0.487 e. The molecule has 1 aliphatic rings. The van der Waals surface area contributed by atoms with Crippen molar-refractivity contribution in [2.24, 2.45) is 0 Å². The summed E-state index contributed by atoms with van der Waals surface area (Å²) in [5, 5.41) is 10.7. The van der Waals surface area contributed by atoms with Gasteiger partial charge in [-0.3, -0.25) is 9.38 Å². The molecular weight excluding hydrogens is 467 g/mol. The van der Waals surface area contributed by atoms with Crippen LogP contribution < -0.4 is 4.74 Å². The van der Waals surface area contributed by atoms with E-state index in [4.69, 9.17) is 9.47 Å². The molecule has 0 atom stereocenters. The molecule has 1 aliphatic heterocycles. The van der Waals surface area contributed by atoms with Gasteiger partial charge in [0.05, 0.1) is 11.9 Å². The molecule has 0 radical (unpaired) electrons. The fourth-order valence-electron chi connectivity index (χ4n) is 3.89. The Hall–Kier alpha value is -4.35. The van der Waals surface area contributed by atoms with Gasteiger partial charge in [0, 0.05) is 31.5 Å². The summed E-state index contributed by atoms with van der Waals surface area (Å²) >= 11 is 0. The van der Waals surface area contributed by atoms with Crippen molar-refractivity contribution in [3.8, 4) is 11.4 Å². The molecular formula is C24H25FN8O3. The first-order chi connectivity index (χ1) is 17.3. The van der Waals surface area contributed by atoms with E-state index in [1.54, 1.807) is 29.4 Å². The monoisotopic (exact) mass is 492 g/mol. The molecule has 4 aromatic rings. The van der Waals surface area contributed by atoms with E-state index >= 15 is 0 Å². The van der Waals surface area contributed by atoms with Gasteiger partial charge in [-0.2, -0.15) is 4.68 Å². The molecule has 11 nitrogen and oxygen atoms in total. The first-order valence-electron chi connectivity index (χ1n) is 11.4. The molecule has 5 rings (SSSR count). The molecule has 186 valence electrons. The van der Waals surface area contributed by atoms with Crippen LogP contribution in [0.15, 0.2) is 49.2 Å². The highest BCUT2D eigenvalue weighted by atomic mass is 19.1. The van der Waals surface area contributed by atoms with Crippen LogP contribution in [0.3, 0.4) is 0 Å². The Balaban J connectivity index is 1.29. The Bertz CT molecular complexity index is 1430. The number of benzene rings is 1. The molecule has 0 unspecified atom stereocenters. The Morgan fingerprint density at radius 1 is 1.22 bits per heavy atom. The summed E-state index contributed by atoms with van der Waals surface area (Å²) in [6, 6.07) is 4.46. The second kappa shape index (κ2) is 9.36. The van der Waals surface area contributed by atoms with Crippen LogP contribution in [0.2, 0.25) is 0 Å². The second-order valence-electron chi connectivity index (χ2n) is 9.27. The van der Waals surface area contributed by atoms with Crippen molar-refractivity contribution in [1.82, 2.24) is 39.5 Å². The zero-order valence-electron chi connectivity index (χ0n) is 20.1. The quantitative estimate of drug-likeness (QED) is 0.416. The van der Waals surface area contributed by atoms with Crippen molar-refractivity contribution in [2.75, 3.05) is 13.1 Å². The first-order valence-corrected chi connectivity index (χ1v) is 11.4. The van der Waals surface area contributed by atoms with Crippen molar-refractivity contribution in [3.05, 3.63) is 66.4 Å². The fourth-order valence-corrected chi connectivity index (χ4v) is 3.89. The average molecular weight is 493 g/mol. The zero-order chi connectivity index (χ0) is 25.3. The molecule has 0 N–H and O–H groups in total. The number of tetrazole rings is 1. The number of ether oxygens (including phenoxy) is 2. The van der Waals surface area contributed by atoms with Crippen molar-refractivity contribution in [2.45, 2.75) is 39.4 Å². The van der Waals surface area contributed by atoms with Gasteiger partial charge in [0.15, 0.2) is 11.5 Å². The summed E-state index contributed by atoms with van der Waals surface area (Å²) in [6.07, 6.45) is 8.99. The minimum atomic E-state index is -0.531. The molecule has 4 heterocycles. The number of imidazole rings is 1. The van der Waals surface area contributed by atoms with Gasteiger partial charge in [0.25, 0.3) is 0 Å². The van der Waals surface area contributed by atoms with Crippen molar-refractivity contribution in [1.29, 1.82) is 0 Å². The molecule has 0 spiro atoms. The molecule has 0 fully saturated rings. The van der Waals surface area contributed by atoms with Gasteiger partial charge in [-0.1, -0.05) is 6.08 Å². The summed E-state index contributed by atoms with van der Waals surface area (Å²) in [7, 11) is 0. The lowest BCUT2D eigenvalue weighted by Crippen LogP contribution is -2.39. The van der Waals surface area contributed by atoms with Crippen molar-refractivity contribution in [3.63, 3.8) is 0 Å². The molecule has 0 aliphatic carbocycles. The SMILES string of the molecule is CC(C)(C)OC(=O)N1CC=C(c2cnc3c(COc4ccc(-n5cnnn5)c(F)c4)nccn23)CC1. The Kier molecular flexibility index (Phi) is 6.08. The number of amides is 1. The van der Waals surface area contributed by atoms with E-state index in [2.05, 4.69) is 25.5 Å². The van der Waals surface area contributed by atoms with E-state index in [1.807, 2.05) is 37.4 Å². The molecule has 36 heavy (non-hydrogen) atoms. The highest BCUT2D eigenvalue weighted by molar-refractivity contribution is 5.72. The van der Waals surface area contributed by atoms with E-state index in [0.717, 1.165) is 11.3 Å². The number of rotatable bonds is 5. The molecule has 0 saturated carbocycles. The number of carbonyl (C=O) groups excluding carboxylic acids is 1. The highest BCUT2D eigenvalue weighted by Gasteiger charge is 2.25. The van der Waals surface area contributed by atoms with Crippen LogP contribution >= 0.6 is 0 Å². The maximum absolute atomic E-state index is 14.5.